The number of aromatic amines is 1. The van der Waals surface area contributed by atoms with Crippen molar-refractivity contribution in [2.24, 2.45) is 4.99 Å². The first-order valence-electron chi connectivity index (χ1n) is 10.3. The van der Waals surface area contributed by atoms with Crippen LogP contribution < -0.4 is 5.43 Å². The number of pyridine rings is 1. The van der Waals surface area contributed by atoms with Crippen molar-refractivity contribution in [2.45, 2.75) is 52.3 Å². The van der Waals surface area contributed by atoms with E-state index in [0.717, 1.165) is 12.3 Å². The summed E-state index contributed by atoms with van der Waals surface area (Å²) in [4.78, 5) is 22.5. The largest absolute Gasteiger partial charge is 0.480 e. The highest BCUT2D eigenvalue weighted by molar-refractivity contribution is 6.02. The van der Waals surface area contributed by atoms with E-state index in [1.165, 1.54) is 17.3 Å². The van der Waals surface area contributed by atoms with Crippen LogP contribution in [0.3, 0.4) is 0 Å². The molecule has 0 saturated carbocycles. The van der Waals surface area contributed by atoms with Gasteiger partial charge in [-0.05, 0) is 51.3 Å². The van der Waals surface area contributed by atoms with Gasteiger partial charge in [0.1, 0.15) is 12.2 Å². The number of carbonyl (C=O) groups is 1. The molecule has 0 amide bonds. The number of nitrogens with one attached hydrogen (secondary N) is 2. The maximum atomic E-state index is 15.0. The number of hydrazine groups is 1. The first-order valence-corrected chi connectivity index (χ1v) is 10.3. The first kappa shape index (κ1) is 24.4. The SMILES string of the molecule is CCC1=C(c2c[nH]c3ncc(C(F)(F)F)cc23)N=C(NN(CC(=O)O)C(C)(C)C)C(F)=CC1. The molecule has 7 nitrogen and oxygen atoms in total. The van der Waals surface area contributed by atoms with Crippen LogP contribution in [0.4, 0.5) is 17.6 Å². The Hall–Kier alpha value is -3.21. The highest BCUT2D eigenvalue weighted by Gasteiger charge is 2.32. The van der Waals surface area contributed by atoms with Gasteiger partial charge in [-0.1, -0.05) is 6.92 Å². The highest BCUT2D eigenvalue weighted by atomic mass is 19.4. The molecule has 11 heteroatoms. The second-order valence-electron chi connectivity index (χ2n) is 8.61. The topological polar surface area (TPSA) is 93.6 Å². The number of alkyl halides is 3. The predicted octanol–water partition coefficient (Wildman–Crippen LogP) is 5.05. The maximum absolute atomic E-state index is 15.0. The summed E-state index contributed by atoms with van der Waals surface area (Å²) in [6, 6.07) is 0.984. The van der Waals surface area contributed by atoms with Crippen LogP contribution >= 0.6 is 0 Å². The number of aliphatic carboxylic acids is 1. The lowest BCUT2D eigenvalue weighted by atomic mass is 10.0. The van der Waals surface area contributed by atoms with Crippen molar-refractivity contribution >= 4 is 28.5 Å². The molecule has 3 rings (SSSR count). The van der Waals surface area contributed by atoms with E-state index in [2.05, 4.69) is 20.4 Å². The number of nitrogens with zero attached hydrogens (tertiary/aromatic N) is 3. The summed E-state index contributed by atoms with van der Waals surface area (Å²) in [5.74, 6) is -2.04. The Bertz CT molecular complexity index is 1160. The molecule has 0 fully saturated rings. The number of allylic oxidation sites excluding steroid dienone is 2. The van der Waals surface area contributed by atoms with Gasteiger partial charge in [0, 0.05) is 28.9 Å². The number of hydrogen-bond acceptors (Lipinski definition) is 5. The smallest absolute Gasteiger partial charge is 0.417 e. The zero-order valence-corrected chi connectivity index (χ0v) is 18.6. The van der Waals surface area contributed by atoms with E-state index in [1.54, 1.807) is 20.8 Å². The van der Waals surface area contributed by atoms with Crippen molar-refractivity contribution < 1.29 is 27.5 Å². The quantitative estimate of drug-likeness (QED) is 0.423. The molecule has 33 heavy (non-hydrogen) atoms. The number of aliphatic imine (C=N–C) groups is 1. The van der Waals surface area contributed by atoms with Gasteiger partial charge in [-0.25, -0.2) is 19.4 Å². The van der Waals surface area contributed by atoms with Gasteiger partial charge in [0.15, 0.2) is 11.7 Å². The minimum Gasteiger partial charge on any atom is -0.480 e. The van der Waals surface area contributed by atoms with Gasteiger partial charge in [0.2, 0.25) is 0 Å². The normalized spacial score (nSPS) is 15.5. The summed E-state index contributed by atoms with van der Waals surface area (Å²) in [6.45, 7) is 6.66. The van der Waals surface area contributed by atoms with Crippen LogP contribution in [0.2, 0.25) is 0 Å². The van der Waals surface area contributed by atoms with Gasteiger partial charge >= 0.3 is 12.1 Å². The molecule has 0 bridgehead atoms. The van der Waals surface area contributed by atoms with Crippen molar-refractivity contribution in [3.63, 3.8) is 0 Å². The van der Waals surface area contributed by atoms with Gasteiger partial charge in [-0.2, -0.15) is 13.2 Å². The Morgan fingerprint density at radius 3 is 2.58 bits per heavy atom. The minimum absolute atomic E-state index is 0.194. The van der Waals surface area contributed by atoms with Crippen LogP contribution in [0, 0.1) is 0 Å². The van der Waals surface area contributed by atoms with E-state index in [4.69, 9.17) is 0 Å². The van der Waals surface area contributed by atoms with Crippen LogP contribution in [0.15, 0.2) is 40.9 Å². The van der Waals surface area contributed by atoms with Crippen LogP contribution in [-0.2, 0) is 11.0 Å². The molecule has 0 saturated heterocycles. The Kier molecular flexibility index (Phi) is 6.64. The number of amidine groups is 1. The number of rotatable bonds is 5. The Morgan fingerprint density at radius 1 is 1.30 bits per heavy atom. The number of H-pyrrole nitrogens is 1. The lowest BCUT2D eigenvalue weighted by Crippen LogP contribution is -2.54. The molecule has 3 heterocycles. The van der Waals surface area contributed by atoms with Crippen molar-refractivity contribution in [2.75, 3.05) is 6.54 Å². The third-order valence-electron chi connectivity index (χ3n) is 5.20. The highest BCUT2D eigenvalue weighted by Crippen LogP contribution is 2.36. The van der Waals surface area contributed by atoms with Gasteiger partial charge in [0.25, 0.3) is 0 Å². The van der Waals surface area contributed by atoms with Crippen LogP contribution in [0.1, 0.15) is 51.7 Å². The van der Waals surface area contributed by atoms with Crippen LogP contribution in [0.5, 0.6) is 0 Å². The van der Waals surface area contributed by atoms with E-state index in [9.17, 15) is 27.5 Å². The molecule has 0 atom stereocenters. The average molecular weight is 467 g/mol. The van der Waals surface area contributed by atoms with E-state index >= 15 is 0 Å². The molecule has 2 aromatic rings. The molecular formula is C22H25F4N5O2. The van der Waals surface area contributed by atoms with E-state index < -0.39 is 35.6 Å². The fourth-order valence-corrected chi connectivity index (χ4v) is 3.35. The standard InChI is InChI=1S/C22H25F4N5O2/c1-5-12-6-7-16(23)20(30-31(11-17(32)33)21(2,3)4)29-18(12)15-10-28-19-14(15)8-13(9-27-19)22(24,25)26/h7-10H,5-6,11H2,1-4H3,(H,27,28)(H,29,30)(H,32,33). The van der Waals surface area contributed by atoms with Gasteiger partial charge < -0.3 is 10.1 Å². The summed E-state index contributed by atoms with van der Waals surface area (Å²) < 4.78 is 54.7. The maximum Gasteiger partial charge on any atom is 0.417 e. The Morgan fingerprint density at radius 2 is 2.00 bits per heavy atom. The number of halogens is 4. The molecular weight excluding hydrogens is 442 g/mol. The van der Waals surface area contributed by atoms with Gasteiger partial charge in [-0.15, -0.1) is 0 Å². The van der Waals surface area contributed by atoms with Gasteiger partial charge in [-0.3, -0.25) is 10.2 Å². The van der Waals surface area contributed by atoms with Crippen molar-refractivity contribution in [3.8, 4) is 0 Å². The average Bonchev–Trinajstić information content (AvgIpc) is 3.05. The summed E-state index contributed by atoms with van der Waals surface area (Å²) in [7, 11) is 0. The van der Waals surface area contributed by atoms with Crippen LogP contribution in [-0.4, -0.2) is 44.0 Å². The minimum atomic E-state index is -4.57. The number of fused-ring (bicyclic) bond motifs is 1. The lowest BCUT2D eigenvalue weighted by molar-refractivity contribution is -0.140. The molecule has 0 spiro atoms. The third kappa shape index (κ3) is 5.41. The molecule has 0 aliphatic carbocycles. The van der Waals surface area contributed by atoms with Gasteiger partial charge in [0.05, 0.1) is 11.3 Å². The molecule has 2 aromatic heterocycles. The summed E-state index contributed by atoms with van der Waals surface area (Å²) in [5, 5.41) is 10.8. The molecule has 0 aromatic carbocycles. The Balaban J connectivity index is 2.14. The number of carboxylic acid groups (broad SMARTS) is 1. The lowest BCUT2D eigenvalue weighted by Gasteiger charge is -2.35. The summed E-state index contributed by atoms with van der Waals surface area (Å²) in [5.41, 5.74) is 2.76. The van der Waals surface area contributed by atoms with E-state index in [0.29, 0.717) is 23.3 Å². The molecule has 1 aliphatic rings. The zero-order valence-electron chi connectivity index (χ0n) is 18.6. The molecule has 178 valence electrons. The zero-order chi connectivity index (χ0) is 24.6. The van der Waals surface area contributed by atoms with E-state index in [-0.39, 0.29) is 23.3 Å². The number of aromatic nitrogens is 2. The van der Waals surface area contributed by atoms with Crippen molar-refractivity contribution in [3.05, 3.63) is 47.1 Å². The van der Waals surface area contributed by atoms with Crippen molar-refractivity contribution in [1.29, 1.82) is 0 Å². The number of carboxylic acids is 1. The molecule has 1 aliphatic heterocycles. The Labute approximate surface area is 187 Å². The van der Waals surface area contributed by atoms with Crippen molar-refractivity contribution in [1.82, 2.24) is 20.4 Å². The van der Waals surface area contributed by atoms with E-state index in [1.807, 2.05) is 6.92 Å². The first-order chi connectivity index (χ1) is 15.3. The summed E-state index contributed by atoms with van der Waals surface area (Å²) in [6.07, 6.45) is -0.351. The molecule has 0 radical (unpaired) electrons. The fraction of sp³-hybridized carbons (Fsp3) is 0.409. The number of hydrogen-bond donors (Lipinski definition) is 3. The molecule has 3 N–H and O–H groups in total. The third-order valence-corrected chi connectivity index (χ3v) is 5.20. The predicted molar refractivity (Wildman–Crippen MR) is 117 cm³/mol. The summed E-state index contributed by atoms with van der Waals surface area (Å²) >= 11 is 0. The molecule has 0 unspecified atom stereocenters. The second kappa shape index (κ2) is 8.97. The fourth-order valence-electron chi connectivity index (χ4n) is 3.35. The van der Waals surface area contributed by atoms with Crippen LogP contribution in [0.25, 0.3) is 16.7 Å². The monoisotopic (exact) mass is 467 g/mol. The second-order valence-corrected chi connectivity index (χ2v) is 8.61.